The summed E-state index contributed by atoms with van der Waals surface area (Å²) in [4.78, 5) is 34.3. The monoisotopic (exact) mass is 319 g/mol. The average molecular weight is 319 g/mol. The van der Waals surface area contributed by atoms with Gasteiger partial charge < -0.3 is 14.8 Å². The van der Waals surface area contributed by atoms with Gasteiger partial charge in [0.05, 0.1) is 29.3 Å². The van der Waals surface area contributed by atoms with Gasteiger partial charge in [0.25, 0.3) is 0 Å². The molecule has 0 spiro atoms. The molecule has 2 saturated heterocycles. The van der Waals surface area contributed by atoms with Gasteiger partial charge in [0.2, 0.25) is 5.91 Å². The van der Waals surface area contributed by atoms with Gasteiger partial charge in [0, 0.05) is 20.8 Å². The lowest BCUT2D eigenvalue weighted by Gasteiger charge is -2.39. The molecule has 1 N–H and O–H groups in total. The van der Waals surface area contributed by atoms with Crippen molar-refractivity contribution in [3.05, 3.63) is 0 Å². The fraction of sp³-hybridized carbons (Fsp3) is 0.750. The fourth-order valence-corrected chi connectivity index (χ4v) is 4.77. The summed E-state index contributed by atoms with van der Waals surface area (Å²) >= 11 is 2.28. The number of ether oxygens (including phenoxy) is 2. The van der Waals surface area contributed by atoms with Crippen molar-refractivity contribution in [2.75, 3.05) is 6.61 Å². The molecular weight excluding hydrogens is 302 g/mol. The highest BCUT2D eigenvalue weighted by molar-refractivity contribution is 8.17. The van der Waals surface area contributed by atoms with E-state index in [0.29, 0.717) is 6.61 Å². The van der Waals surface area contributed by atoms with E-state index >= 15 is 0 Å². The summed E-state index contributed by atoms with van der Waals surface area (Å²) in [5, 5.41) is 2.23. The molecule has 112 valence electrons. The normalized spacial score (nSPS) is 35.6. The molecule has 8 heteroatoms. The second-order valence-electron chi connectivity index (χ2n) is 4.75. The first-order valence-electron chi connectivity index (χ1n) is 6.27. The molecule has 2 aliphatic rings. The number of thioether (sulfide) groups is 2. The Morgan fingerprint density at radius 2 is 1.65 bits per heavy atom. The molecule has 2 heterocycles. The lowest BCUT2D eigenvalue weighted by atomic mass is 10.0. The molecular formula is C12H17NO5S2. The zero-order valence-corrected chi connectivity index (χ0v) is 13.1. The van der Waals surface area contributed by atoms with Crippen molar-refractivity contribution in [2.45, 2.75) is 49.7 Å². The van der Waals surface area contributed by atoms with Crippen molar-refractivity contribution < 1.29 is 23.9 Å². The van der Waals surface area contributed by atoms with Gasteiger partial charge in [-0.25, -0.2) is 0 Å². The molecule has 0 aromatic heterocycles. The Balaban J connectivity index is 2.24. The highest BCUT2D eigenvalue weighted by Crippen LogP contribution is 2.41. The Hall–Kier alpha value is -0.570. The van der Waals surface area contributed by atoms with E-state index in [9.17, 15) is 14.4 Å². The summed E-state index contributed by atoms with van der Waals surface area (Å²) in [6, 6.07) is -0.433. The molecule has 2 rings (SSSR count). The van der Waals surface area contributed by atoms with Crippen molar-refractivity contribution >= 4 is 39.7 Å². The Bertz CT molecular complexity index is 400. The highest BCUT2D eigenvalue weighted by atomic mass is 32.2. The topological polar surface area (TPSA) is 81.7 Å². The standard InChI is InChI=1S/C12H17NO5S2/c1-5(14)13-9-11(20-7(3)16)10(19-6(2)15)8-4-17-12(9)18-8/h8-12H,4H2,1-3H3,(H,13,14)/t8-,9-,10-,11-,12-/m1/s1. The van der Waals surface area contributed by atoms with Crippen molar-refractivity contribution in [1.82, 2.24) is 5.32 Å². The molecule has 20 heavy (non-hydrogen) atoms. The van der Waals surface area contributed by atoms with Gasteiger partial charge in [-0.05, 0) is 0 Å². The molecule has 0 aromatic rings. The maximum absolute atomic E-state index is 11.5. The SMILES string of the molecule is CC(=O)N[C@H]1[C@@H]2OC[C@@H](O2)[C@@H](SC(C)=O)[C@@H]1SC(C)=O. The van der Waals surface area contributed by atoms with Crippen LogP contribution < -0.4 is 5.32 Å². The molecule has 1 amide bonds. The molecule has 0 saturated carbocycles. The first kappa shape index (κ1) is 15.8. The van der Waals surface area contributed by atoms with Gasteiger partial charge >= 0.3 is 0 Å². The third-order valence-electron chi connectivity index (χ3n) is 3.05. The number of hydrogen-bond acceptors (Lipinski definition) is 7. The van der Waals surface area contributed by atoms with E-state index in [2.05, 4.69) is 5.32 Å². The van der Waals surface area contributed by atoms with Crippen LogP contribution in [-0.2, 0) is 23.9 Å². The number of amides is 1. The number of nitrogens with one attached hydrogen (secondary N) is 1. The summed E-state index contributed by atoms with van der Waals surface area (Å²) in [5.41, 5.74) is 0. The summed E-state index contributed by atoms with van der Waals surface area (Å²) in [7, 11) is 0. The van der Waals surface area contributed by atoms with E-state index in [-0.39, 0.29) is 32.7 Å². The van der Waals surface area contributed by atoms with Gasteiger partial charge in [0.1, 0.15) is 0 Å². The predicted molar refractivity (Wildman–Crippen MR) is 76.3 cm³/mol. The molecule has 6 nitrogen and oxygen atoms in total. The molecule has 0 aliphatic carbocycles. The summed E-state index contributed by atoms with van der Waals surface area (Å²) < 4.78 is 11.2. The Labute approximate surface area is 125 Å². The van der Waals surface area contributed by atoms with E-state index in [4.69, 9.17) is 9.47 Å². The molecule has 2 aliphatic heterocycles. The minimum absolute atomic E-state index is 0.0420. The van der Waals surface area contributed by atoms with Crippen molar-refractivity contribution in [1.29, 1.82) is 0 Å². The molecule has 2 fully saturated rings. The fourth-order valence-electron chi connectivity index (χ4n) is 2.42. The lowest BCUT2D eigenvalue weighted by Crippen LogP contribution is -2.58. The van der Waals surface area contributed by atoms with Gasteiger partial charge in [-0.15, -0.1) is 0 Å². The van der Waals surface area contributed by atoms with Crippen LogP contribution in [-0.4, -0.2) is 51.7 Å². The number of carbonyl (C=O) groups excluding carboxylic acids is 3. The minimum atomic E-state index is -0.551. The third kappa shape index (κ3) is 3.55. The number of fused-ring (bicyclic) bond motifs is 2. The van der Waals surface area contributed by atoms with Gasteiger partial charge in [0.15, 0.2) is 16.5 Å². The molecule has 2 bridgehead atoms. The largest absolute Gasteiger partial charge is 0.348 e. The molecule has 0 radical (unpaired) electrons. The van der Waals surface area contributed by atoms with E-state index in [1.807, 2.05) is 0 Å². The maximum atomic E-state index is 11.5. The Kier molecular flexibility index (Phi) is 5.11. The minimum Gasteiger partial charge on any atom is -0.348 e. The number of carbonyl (C=O) groups is 3. The van der Waals surface area contributed by atoms with E-state index in [1.54, 1.807) is 0 Å². The van der Waals surface area contributed by atoms with E-state index in [0.717, 1.165) is 23.5 Å². The average Bonchev–Trinajstić information content (AvgIpc) is 2.74. The predicted octanol–water partition coefficient (Wildman–Crippen LogP) is 0.543. The summed E-state index contributed by atoms with van der Waals surface area (Å²) in [6.07, 6.45) is -0.777. The number of hydrogen-bond donors (Lipinski definition) is 1. The maximum Gasteiger partial charge on any atom is 0.217 e. The van der Waals surface area contributed by atoms with Crippen LogP contribution in [0.1, 0.15) is 20.8 Å². The van der Waals surface area contributed by atoms with Crippen LogP contribution in [0.2, 0.25) is 0 Å². The zero-order chi connectivity index (χ0) is 14.9. The lowest BCUT2D eigenvalue weighted by molar-refractivity contribution is -0.129. The summed E-state index contributed by atoms with van der Waals surface area (Å²) in [6.45, 7) is 4.74. The smallest absolute Gasteiger partial charge is 0.217 e. The zero-order valence-electron chi connectivity index (χ0n) is 11.5. The van der Waals surface area contributed by atoms with Gasteiger partial charge in [-0.1, -0.05) is 23.5 Å². The Morgan fingerprint density at radius 1 is 1.05 bits per heavy atom. The van der Waals surface area contributed by atoms with Crippen LogP contribution in [0.5, 0.6) is 0 Å². The Morgan fingerprint density at radius 3 is 2.20 bits per heavy atom. The summed E-state index contributed by atoms with van der Waals surface area (Å²) in [5.74, 6) is -0.215. The molecule has 0 aromatic carbocycles. The molecule has 0 unspecified atom stereocenters. The van der Waals surface area contributed by atoms with Crippen molar-refractivity contribution in [2.24, 2.45) is 0 Å². The quantitative estimate of drug-likeness (QED) is 0.813. The first-order valence-corrected chi connectivity index (χ1v) is 8.03. The van der Waals surface area contributed by atoms with Crippen LogP contribution in [0.25, 0.3) is 0 Å². The molecule has 5 atom stereocenters. The van der Waals surface area contributed by atoms with Crippen molar-refractivity contribution in [3.8, 4) is 0 Å². The van der Waals surface area contributed by atoms with E-state index < -0.39 is 12.3 Å². The van der Waals surface area contributed by atoms with Crippen LogP contribution in [0.3, 0.4) is 0 Å². The van der Waals surface area contributed by atoms with Crippen LogP contribution >= 0.6 is 23.5 Å². The van der Waals surface area contributed by atoms with Crippen LogP contribution in [0, 0.1) is 0 Å². The second-order valence-corrected chi connectivity index (χ2v) is 7.46. The van der Waals surface area contributed by atoms with E-state index in [1.165, 1.54) is 20.8 Å². The van der Waals surface area contributed by atoms with Crippen LogP contribution in [0.4, 0.5) is 0 Å². The van der Waals surface area contributed by atoms with Crippen molar-refractivity contribution in [3.63, 3.8) is 0 Å². The van der Waals surface area contributed by atoms with Gasteiger partial charge in [-0.3, -0.25) is 14.4 Å². The third-order valence-corrected chi connectivity index (χ3v) is 5.61. The van der Waals surface area contributed by atoms with Gasteiger partial charge in [-0.2, -0.15) is 0 Å². The first-order chi connectivity index (χ1) is 9.38. The second kappa shape index (κ2) is 6.46. The van der Waals surface area contributed by atoms with Crippen LogP contribution in [0.15, 0.2) is 0 Å². The number of rotatable bonds is 3. The highest BCUT2D eigenvalue weighted by Gasteiger charge is 2.52.